The quantitative estimate of drug-likeness (QED) is 0.639. The van der Waals surface area contributed by atoms with Crippen LogP contribution in [0.1, 0.15) is 27.0 Å². The lowest BCUT2D eigenvalue weighted by molar-refractivity contribution is -0.117. The maximum atomic E-state index is 12.1. The van der Waals surface area contributed by atoms with Gasteiger partial charge in [-0.05, 0) is 49.2 Å². The number of rotatable bonds is 5. The van der Waals surface area contributed by atoms with Crippen LogP contribution in [0.2, 0.25) is 0 Å². The number of amides is 2. The van der Waals surface area contributed by atoms with Gasteiger partial charge in [0.05, 0.1) is 14.2 Å². The van der Waals surface area contributed by atoms with Gasteiger partial charge in [0.1, 0.15) is 11.5 Å². The molecule has 0 spiro atoms. The fourth-order valence-corrected chi connectivity index (χ4v) is 2.39. The molecule has 0 saturated heterocycles. The predicted octanol–water partition coefficient (Wildman–Crippen LogP) is 2.80. The Labute approximate surface area is 152 Å². The van der Waals surface area contributed by atoms with Gasteiger partial charge in [0.2, 0.25) is 0 Å². The smallest absolute Gasteiger partial charge is 0.269 e. The maximum absolute atomic E-state index is 12.1. The SMILES string of the molecule is COc1cc(/C=C/C(=O)NNC(=O)c2ccc(C)cc2C)cc(OC)c1. The Balaban J connectivity index is 1.98. The lowest BCUT2D eigenvalue weighted by atomic mass is 10.1. The largest absolute Gasteiger partial charge is 0.497 e. The fraction of sp³-hybridized carbons (Fsp3) is 0.200. The van der Waals surface area contributed by atoms with Crippen LogP contribution < -0.4 is 20.3 Å². The Morgan fingerprint density at radius 2 is 1.58 bits per heavy atom. The van der Waals surface area contributed by atoms with E-state index in [1.165, 1.54) is 6.08 Å². The van der Waals surface area contributed by atoms with Crippen molar-refractivity contribution in [3.63, 3.8) is 0 Å². The van der Waals surface area contributed by atoms with E-state index in [9.17, 15) is 9.59 Å². The second kappa shape index (κ2) is 8.71. The summed E-state index contributed by atoms with van der Waals surface area (Å²) in [6, 6.07) is 10.7. The van der Waals surface area contributed by atoms with Crippen molar-refractivity contribution in [1.82, 2.24) is 10.9 Å². The maximum Gasteiger partial charge on any atom is 0.269 e. The van der Waals surface area contributed by atoms with E-state index in [0.29, 0.717) is 17.1 Å². The van der Waals surface area contributed by atoms with Gasteiger partial charge in [-0.2, -0.15) is 0 Å². The first-order chi connectivity index (χ1) is 12.4. The third kappa shape index (κ3) is 5.11. The van der Waals surface area contributed by atoms with Gasteiger partial charge in [-0.25, -0.2) is 0 Å². The Hall–Kier alpha value is -3.28. The van der Waals surface area contributed by atoms with Crippen molar-refractivity contribution < 1.29 is 19.1 Å². The van der Waals surface area contributed by atoms with Crippen molar-refractivity contribution in [2.24, 2.45) is 0 Å². The molecule has 6 heteroatoms. The molecule has 0 radical (unpaired) electrons. The van der Waals surface area contributed by atoms with E-state index in [-0.39, 0.29) is 5.91 Å². The van der Waals surface area contributed by atoms with E-state index in [1.54, 1.807) is 44.6 Å². The molecule has 0 fully saturated rings. The molecule has 0 aliphatic rings. The molecule has 2 N–H and O–H groups in total. The molecule has 0 aliphatic heterocycles. The molecule has 0 heterocycles. The van der Waals surface area contributed by atoms with Crippen LogP contribution >= 0.6 is 0 Å². The van der Waals surface area contributed by atoms with E-state index in [2.05, 4.69) is 10.9 Å². The molecule has 0 unspecified atom stereocenters. The Morgan fingerprint density at radius 3 is 2.15 bits per heavy atom. The summed E-state index contributed by atoms with van der Waals surface area (Å²) >= 11 is 0. The first kappa shape index (κ1) is 19.1. The molecule has 2 amide bonds. The molecule has 0 atom stereocenters. The highest BCUT2D eigenvalue weighted by atomic mass is 16.5. The molecule has 26 heavy (non-hydrogen) atoms. The van der Waals surface area contributed by atoms with Gasteiger partial charge in [-0.3, -0.25) is 20.4 Å². The first-order valence-corrected chi connectivity index (χ1v) is 8.01. The normalized spacial score (nSPS) is 10.5. The zero-order valence-corrected chi connectivity index (χ0v) is 15.3. The summed E-state index contributed by atoms with van der Waals surface area (Å²) in [6.45, 7) is 3.80. The van der Waals surface area contributed by atoms with Crippen molar-refractivity contribution in [1.29, 1.82) is 0 Å². The monoisotopic (exact) mass is 354 g/mol. The van der Waals surface area contributed by atoms with Crippen LogP contribution in [0.25, 0.3) is 6.08 Å². The molecular weight excluding hydrogens is 332 g/mol. The Kier molecular flexibility index (Phi) is 6.38. The molecule has 0 saturated carbocycles. The van der Waals surface area contributed by atoms with Crippen LogP contribution in [0.15, 0.2) is 42.5 Å². The third-order valence-electron chi connectivity index (χ3n) is 3.73. The standard InChI is InChI=1S/C20H22N2O4/c1-13-5-7-18(14(2)9-13)20(24)22-21-19(23)8-6-15-10-16(25-3)12-17(11-15)26-4/h5-12H,1-4H3,(H,21,23)(H,22,24)/b8-6+. The van der Waals surface area contributed by atoms with Crippen molar-refractivity contribution >= 4 is 17.9 Å². The highest BCUT2D eigenvalue weighted by Gasteiger charge is 2.09. The predicted molar refractivity (Wildman–Crippen MR) is 100 cm³/mol. The van der Waals surface area contributed by atoms with Gasteiger partial charge in [-0.15, -0.1) is 0 Å². The van der Waals surface area contributed by atoms with Crippen molar-refractivity contribution in [3.8, 4) is 11.5 Å². The third-order valence-corrected chi connectivity index (χ3v) is 3.73. The highest BCUT2D eigenvalue weighted by Crippen LogP contribution is 2.23. The minimum atomic E-state index is -0.454. The Morgan fingerprint density at radius 1 is 0.923 bits per heavy atom. The molecule has 6 nitrogen and oxygen atoms in total. The number of aryl methyl sites for hydroxylation is 2. The number of hydrogen-bond donors (Lipinski definition) is 2. The topological polar surface area (TPSA) is 76.7 Å². The average molecular weight is 354 g/mol. The van der Waals surface area contributed by atoms with Crippen LogP contribution in [0, 0.1) is 13.8 Å². The zero-order valence-electron chi connectivity index (χ0n) is 15.3. The summed E-state index contributed by atoms with van der Waals surface area (Å²) in [7, 11) is 3.11. The molecule has 2 aromatic carbocycles. The van der Waals surface area contributed by atoms with Crippen molar-refractivity contribution in [2.75, 3.05) is 14.2 Å². The van der Waals surface area contributed by atoms with Crippen LogP contribution in [0.3, 0.4) is 0 Å². The summed E-state index contributed by atoms with van der Waals surface area (Å²) in [5.41, 5.74) is 7.92. The summed E-state index contributed by atoms with van der Waals surface area (Å²) in [5, 5.41) is 0. The molecule has 2 aromatic rings. The highest BCUT2D eigenvalue weighted by molar-refractivity contribution is 5.98. The Bertz CT molecular complexity index is 821. The lowest BCUT2D eigenvalue weighted by Gasteiger charge is -2.08. The van der Waals surface area contributed by atoms with Crippen LogP contribution in [-0.4, -0.2) is 26.0 Å². The van der Waals surface area contributed by atoms with Crippen molar-refractivity contribution in [3.05, 3.63) is 64.7 Å². The van der Waals surface area contributed by atoms with E-state index >= 15 is 0 Å². The summed E-state index contributed by atoms with van der Waals surface area (Å²) < 4.78 is 10.4. The minimum absolute atomic E-state index is 0.368. The van der Waals surface area contributed by atoms with Gasteiger partial charge >= 0.3 is 0 Å². The van der Waals surface area contributed by atoms with Crippen molar-refractivity contribution in [2.45, 2.75) is 13.8 Å². The molecule has 0 aliphatic carbocycles. The van der Waals surface area contributed by atoms with Gasteiger partial charge in [0, 0.05) is 17.7 Å². The minimum Gasteiger partial charge on any atom is -0.497 e. The first-order valence-electron chi connectivity index (χ1n) is 8.01. The number of ether oxygens (including phenoxy) is 2. The fourth-order valence-electron chi connectivity index (χ4n) is 2.39. The lowest BCUT2D eigenvalue weighted by Crippen LogP contribution is -2.41. The number of benzene rings is 2. The van der Waals surface area contributed by atoms with E-state index < -0.39 is 5.91 Å². The number of hydrazine groups is 1. The average Bonchev–Trinajstić information content (AvgIpc) is 2.64. The number of carbonyl (C=O) groups excluding carboxylic acids is 2. The van der Waals surface area contributed by atoms with Gasteiger partial charge in [-0.1, -0.05) is 17.7 Å². The van der Waals surface area contributed by atoms with E-state index in [1.807, 2.05) is 26.0 Å². The zero-order chi connectivity index (χ0) is 19.1. The number of carbonyl (C=O) groups is 2. The van der Waals surface area contributed by atoms with Crippen LogP contribution in [-0.2, 0) is 4.79 Å². The van der Waals surface area contributed by atoms with Crippen LogP contribution in [0.4, 0.5) is 0 Å². The second-order valence-corrected chi connectivity index (χ2v) is 5.74. The van der Waals surface area contributed by atoms with Crippen LogP contribution in [0.5, 0.6) is 11.5 Å². The number of nitrogens with one attached hydrogen (secondary N) is 2. The molecule has 136 valence electrons. The molecular formula is C20H22N2O4. The molecule has 2 rings (SSSR count). The van der Waals surface area contributed by atoms with E-state index in [4.69, 9.17) is 9.47 Å². The summed E-state index contributed by atoms with van der Waals surface area (Å²) in [5.74, 6) is 0.414. The molecule has 0 bridgehead atoms. The van der Waals surface area contributed by atoms with Gasteiger partial charge in [0.25, 0.3) is 11.8 Å². The number of methoxy groups -OCH3 is 2. The number of hydrogen-bond acceptors (Lipinski definition) is 4. The summed E-state index contributed by atoms with van der Waals surface area (Å²) in [6.07, 6.45) is 2.92. The second-order valence-electron chi connectivity index (χ2n) is 5.74. The molecule has 0 aromatic heterocycles. The van der Waals surface area contributed by atoms with Gasteiger partial charge in [0.15, 0.2) is 0 Å². The van der Waals surface area contributed by atoms with E-state index in [0.717, 1.165) is 16.7 Å². The summed E-state index contributed by atoms with van der Waals surface area (Å²) in [4.78, 5) is 24.1. The van der Waals surface area contributed by atoms with Gasteiger partial charge < -0.3 is 9.47 Å².